The van der Waals surface area contributed by atoms with Crippen molar-refractivity contribution in [1.29, 1.82) is 0 Å². The van der Waals surface area contributed by atoms with E-state index in [0.717, 1.165) is 72.6 Å². The molecule has 0 amide bonds. The molecule has 4 aliphatic rings. The van der Waals surface area contributed by atoms with Crippen molar-refractivity contribution in [2.45, 2.75) is 77.0 Å². The minimum atomic E-state index is 0. The zero-order valence-electron chi connectivity index (χ0n) is 31.1. The molecule has 0 saturated heterocycles. The van der Waals surface area contributed by atoms with Crippen LogP contribution in [0.25, 0.3) is 0 Å². The standard InChI is InChI=1S/2C23H21ClO2.I3.HI/c2*1-14-21(23(26)20-5-3-2-4-19(20)22(14)25)17-8-6-15(7-9-17)16-10-12-18(24)13-11-16;1-3-2;/h2*2-5,10-13,15,17H,6-9H2,1H3;;1H/q;;-1;. The summed E-state index contributed by atoms with van der Waals surface area (Å²) in [5, 5.41) is 1.52. The Kier molecular flexibility index (Phi) is 17.3. The Morgan fingerprint density at radius 2 is 0.696 bits per heavy atom. The quantitative estimate of drug-likeness (QED) is 0.191. The summed E-state index contributed by atoms with van der Waals surface area (Å²) in [6, 6.07) is 30.5. The molecule has 4 aromatic carbocycles. The molecular weight excluding hydrogens is 1200 g/mol. The van der Waals surface area contributed by atoms with Crippen molar-refractivity contribution in [1.82, 2.24) is 0 Å². The Morgan fingerprint density at radius 1 is 0.446 bits per heavy atom. The molecule has 0 atom stereocenters. The van der Waals surface area contributed by atoms with Gasteiger partial charge < -0.3 is 0 Å². The number of carbonyl (C=O) groups is 4. The van der Waals surface area contributed by atoms with Gasteiger partial charge in [-0.05, 0) is 124 Å². The van der Waals surface area contributed by atoms with E-state index in [-0.39, 0.29) is 58.9 Å². The van der Waals surface area contributed by atoms with Crippen LogP contribution in [0.4, 0.5) is 0 Å². The molecule has 0 aromatic heterocycles. The molecular formula is C46H43Cl2I4O4-. The van der Waals surface area contributed by atoms with Crippen molar-refractivity contribution < 1.29 is 32.4 Å². The summed E-state index contributed by atoms with van der Waals surface area (Å²) in [6.07, 6.45) is 7.92. The van der Waals surface area contributed by atoms with Crippen LogP contribution in [-0.4, -0.2) is 23.1 Å². The molecule has 4 aliphatic carbocycles. The van der Waals surface area contributed by atoms with Crippen LogP contribution < -0.4 is 13.3 Å². The Labute approximate surface area is 387 Å². The van der Waals surface area contributed by atoms with Crippen LogP contribution in [0.5, 0.6) is 0 Å². The van der Waals surface area contributed by atoms with Crippen LogP contribution in [0.3, 0.4) is 0 Å². The Bertz CT molecular complexity index is 1990. The maximum absolute atomic E-state index is 13.0. The third-order valence-electron chi connectivity index (χ3n) is 11.8. The molecule has 0 spiro atoms. The average molecular weight is 1240 g/mol. The van der Waals surface area contributed by atoms with Gasteiger partial charge in [0.05, 0.1) is 0 Å². The predicted molar refractivity (Wildman–Crippen MR) is 251 cm³/mol. The fourth-order valence-electron chi connectivity index (χ4n) is 8.92. The molecule has 0 unspecified atom stereocenters. The molecule has 0 aliphatic heterocycles. The fourth-order valence-corrected chi connectivity index (χ4v) is 9.17. The molecule has 0 radical (unpaired) electrons. The van der Waals surface area contributed by atoms with Crippen LogP contribution in [-0.2, 0) is 0 Å². The van der Waals surface area contributed by atoms with E-state index < -0.39 is 0 Å². The monoisotopic (exact) mass is 1240 g/mol. The van der Waals surface area contributed by atoms with Crippen molar-refractivity contribution >= 4 is 108 Å². The molecule has 56 heavy (non-hydrogen) atoms. The van der Waals surface area contributed by atoms with E-state index in [1.165, 1.54) is 11.1 Å². The van der Waals surface area contributed by atoms with E-state index in [0.29, 0.717) is 58.5 Å². The van der Waals surface area contributed by atoms with E-state index >= 15 is 0 Å². The number of hydrogen-bond acceptors (Lipinski definition) is 4. The van der Waals surface area contributed by atoms with Gasteiger partial charge in [-0.1, -0.05) is 96.0 Å². The molecule has 2 saturated carbocycles. The summed E-state index contributed by atoms with van der Waals surface area (Å²) in [5.41, 5.74) is 7.65. The molecule has 8 rings (SSSR count). The molecule has 4 nitrogen and oxygen atoms in total. The van der Waals surface area contributed by atoms with E-state index in [2.05, 4.69) is 61.5 Å². The number of rotatable bonds is 4. The van der Waals surface area contributed by atoms with Crippen molar-refractivity contribution in [2.24, 2.45) is 11.8 Å². The number of halogens is 6. The number of carbonyl (C=O) groups excluding carboxylic acids is 4. The summed E-state index contributed by atoms with van der Waals surface area (Å²) >= 11 is 17.3. The normalized spacial score (nSPS) is 21.9. The Balaban J connectivity index is 0.000000197. The van der Waals surface area contributed by atoms with Crippen LogP contribution >= 0.6 is 84.4 Å². The first-order valence-electron chi connectivity index (χ1n) is 18.7. The first-order valence-corrected chi connectivity index (χ1v) is 32.0. The fraction of sp³-hybridized carbons (Fsp3) is 0.304. The SMILES string of the molecule is CC1=C(C2CCC(c3ccc(Cl)cc3)CC2)C(=O)c2ccccc2C1=O.CC1=C(C2CCC(c3ccc(Cl)cc3)CC2)C(=O)c2ccccc2C1=O.I.I[I-]I. The van der Waals surface area contributed by atoms with Gasteiger partial charge in [-0.25, -0.2) is 0 Å². The Morgan fingerprint density at radius 3 is 0.982 bits per heavy atom. The van der Waals surface area contributed by atoms with Crippen molar-refractivity contribution in [3.8, 4) is 0 Å². The van der Waals surface area contributed by atoms with Crippen LogP contribution in [0.2, 0.25) is 10.0 Å². The molecule has 0 bridgehead atoms. The summed E-state index contributed by atoms with van der Waals surface area (Å²) in [6.45, 7) is 3.63. The van der Waals surface area contributed by atoms with Crippen LogP contribution in [0, 0.1) is 11.8 Å². The number of hydrogen-bond donors (Lipinski definition) is 0. The number of ketones is 4. The second-order valence-corrected chi connectivity index (χ2v) is 31.9. The summed E-state index contributed by atoms with van der Waals surface area (Å²) in [5.74, 6) is 1.49. The summed E-state index contributed by atoms with van der Waals surface area (Å²) in [7, 11) is 0. The third-order valence-corrected chi connectivity index (χ3v) is 12.3. The molecule has 10 heteroatoms. The van der Waals surface area contributed by atoms with Crippen molar-refractivity contribution in [3.05, 3.63) is 163 Å². The molecule has 0 N–H and O–H groups in total. The van der Waals surface area contributed by atoms with E-state index in [1.54, 1.807) is 24.3 Å². The number of allylic oxidation sites excluding steroid dienone is 4. The van der Waals surface area contributed by atoms with E-state index in [9.17, 15) is 19.2 Å². The first-order chi connectivity index (χ1) is 26.5. The first kappa shape index (κ1) is 45.6. The number of benzene rings is 4. The van der Waals surface area contributed by atoms with Gasteiger partial charge >= 0.3 is 50.5 Å². The van der Waals surface area contributed by atoms with Gasteiger partial charge in [0.25, 0.3) is 0 Å². The number of fused-ring (bicyclic) bond motifs is 2. The van der Waals surface area contributed by atoms with Gasteiger partial charge in [-0.15, -0.1) is 24.0 Å². The van der Waals surface area contributed by atoms with Gasteiger partial charge in [-0.3, -0.25) is 19.2 Å². The number of Topliss-reactive ketones (excluding diaryl/α,β-unsaturated/α-hetero) is 4. The van der Waals surface area contributed by atoms with Gasteiger partial charge in [-0.2, -0.15) is 0 Å². The van der Waals surface area contributed by atoms with Gasteiger partial charge in [0.15, 0.2) is 23.1 Å². The third kappa shape index (κ3) is 10.3. The second-order valence-electron chi connectivity index (χ2n) is 14.7. The van der Waals surface area contributed by atoms with Gasteiger partial charge in [0.1, 0.15) is 0 Å². The Hall–Kier alpha value is -1.46. The van der Waals surface area contributed by atoms with Gasteiger partial charge in [0.2, 0.25) is 0 Å². The zero-order chi connectivity index (χ0) is 39.2. The second kappa shape index (κ2) is 21.2. The topological polar surface area (TPSA) is 68.3 Å². The molecule has 0 heterocycles. The van der Waals surface area contributed by atoms with E-state index in [1.807, 2.05) is 62.4 Å². The van der Waals surface area contributed by atoms with Crippen LogP contribution in [0.15, 0.2) is 119 Å². The maximum atomic E-state index is 13.0. The molecule has 4 aromatic rings. The van der Waals surface area contributed by atoms with Gasteiger partial charge in [0, 0.05) is 54.6 Å². The molecule has 294 valence electrons. The van der Waals surface area contributed by atoms with Crippen molar-refractivity contribution in [2.75, 3.05) is 0 Å². The zero-order valence-corrected chi connectivity index (χ0v) is 41.4. The summed E-state index contributed by atoms with van der Waals surface area (Å²) < 4.78 is 0. The minimum absolute atomic E-state index is 0. The van der Waals surface area contributed by atoms with Crippen molar-refractivity contribution in [3.63, 3.8) is 0 Å². The van der Waals surface area contributed by atoms with Crippen LogP contribution in [0.1, 0.15) is 130 Å². The molecule has 2 fully saturated rings. The van der Waals surface area contributed by atoms with E-state index in [4.69, 9.17) is 23.2 Å². The average Bonchev–Trinajstić information content (AvgIpc) is 3.21. The predicted octanol–water partition coefficient (Wildman–Crippen LogP) is 11.4. The summed E-state index contributed by atoms with van der Waals surface area (Å²) in [4.78, 5) is 51.5.